The Morgan fingerprint density at radius 1 is 1.21 bits per heavy atom. The SMILES string of the molecule is CCC(C)C(CNCc1cccc(Cl)c1)NC(=O)Cc1cncn1Cc1ccc(C#N)cc1. The number of hydrogen-bond acceptors (Lipinski definition) is 4. The van der Waals surface area contributed by atoms with Crippen LogP contribution in [0.4, 0.5) is 0 Å². The molecular weight excluding hydrogens is 434 g/mol. The van der Waals surface area contributed by atoms with Crippen molar-refractivity contribution in [1.82, 2.24) is 20.2 Å². The van der Waals surface area contributed by atoms with Gasteiger partial charge in [0, 0.05) is 42.6 Å². The smallest absolute Gasteiger partial charge is 0.226 e. The molecule has 0 fully saturated rings. The molecule has 7 heteroatoms. The van der Waals surface area contributed by atoms with Crippen molar-refractivity contribution in [1.29, 1.82) is 5.26 Å². The number of nitrogens with one attached hydrogen (secondary N) is 2. The van der Waals surface area contributed by atoms with Gasteiger partial charge in [-0.15, -0.1) is 0 Å². The van der Waals surface area contributed by atoms with Crippen LogP contribution in [0.15, 0.2) is 61.1 Å². The predicted molar refractivity (Wildman–Crippen MR) is 131 cm³/mol. The highest BCUT2D eigenvalue weighted by atomic mass is 35.5. The van der Waals surface area contributed by atoms with Gasteiger partial charge in [0.15, 0.2) is 0 Å². The third kappa shape index (κ3) is 7.45. The van der Waals surface area contributed by atoms with Crippen LogP contribution >= 0.6 is 11.6 Å². The van der Waals surface area contributed by atoms with Crippen LogP contribution in [0, 0.1) is 17.2 Å². The third-order valence-electron chi connectivity index (χ3n) is 5.84. The summed E-state index contributed by atoms with van der Waals surface area (Å²) in [6, 6.07) is 17.4. The van der Waals surface area contributed by atoms with E-state index < -0.39 is 0 Å². The summed E-state index contributed by atoms with van der Waals surface area (Å²) in [6.07, 6.45) is 4.70. The molecule has 0 saturated heterocycles. The lowest BCUT2D eigenvalue weighted by Gasteiger charge is -2.25. The Morgan fingerprint density at radius 2 is 2.00 bits per heavy atom. The molecule has 0 radical (unpaired) electrons. The monoisotopic (exact) mass is 463 g/mol. The van der Waals surface area contributed by atoms with Crippen molar-refractivity contribution in [3.63, 3.8) is 0 Å². The van der Waals surface area contributed by atoms with Crippen LogP contribution in [0.2, 0.25) is 5.02 Å². The lowest BCUT2D eigenvalue weighted by atomic mass is 9.98. The number of aromatic nitrogens is 2. The van der Waals surface area contributed by atoms with Crippen LogP contribution in [0.25, 0.3) is 0 Å². The largest absolute Gasteiger partial charge is 0.351 e. The number of hydrogen-bond donors (Lipinski definition) is 2. The summed E-state index contributed by atoms with van der Waals surface area (Å²) in [5.74, 6) is 0.316. The lowest BCUT2D eigenvalue weighted by Crippen LogP contribution is -2.46. The summed E-state index contributed by atoms with van der Waals surface area (Å²) in [5.41, 5.74) is 3.65. The summed E-state index contributed by atoms with van der Waals surface area (Å²) < 4.78 is 1.97. The van der Waals surface area contributed by atoms with E-state index in [-0.39, 0.29) is 18.4 Å². The van der Waals surface area contributed by atoms with Crippen LogP contribution in [-0.2, 0) is 24.3 Å². The third-order valence-corrected chi connectivity index (χ3v) is 6.07. The molecular formula is C26H30ClN5O. The molecule has 0 aliphatic carbocycles. The molecule has 6 nitrogen and oxygen atoms in total. The molecule has 0 bridgehead atoms. The van der Waals surface area contributed by atoms with Gasteiger partial charge in [-0.2, -0.15) is 5.26 Å². The molecule has 1 heterocycles. The van der Waals surface area contributed by atoms with Crippen LogP contribution in [-0.4, -0.2) is 28.0 Å². The van der Waals surface area contributed by atoms with Crippen molar-refractivity contribution < 1.29 is 4.79 Å². The fourth-order valence-electron chi connectivity index (χ4n) is 3.64. The minimum atomic E-state index is -0.0218. The number of nitrogens with zero attached hydrogens (tertiary/aromatic N) is 3. The zero-order chi connectivity index (χ0) is 23.6. The molecule has 2 N–H and O–H groups in total. The van der Waals surface area contributed by atoms with Crippen LogP contribution in [0.5, 0.6) is 0 Å². The van der Waals surface area contributed by atoms with Crippen molar-refractivity contribution >= 4 is 17.5 Å². The van der Waals surface area contributed by atoms with Crippen LogP contribution < -0.4 is 10.6 Å². The van der Waals surface area contributed by atoms with E-state index in [1.807, 2.05) is 41.0 Å². The highest BCUT2D eigenvalue weighted by Gasteiger charge is 2.19. The van der Waals surface area contributed by atoms with E-state index in [0.29, 0.717) is 31.1 Å². The first-order valence-electron chi connectivity index (χ1n) is 11.2. The molecule has 0 aliphatic heterocycles. The maximum absolute atomic E-state index is 12.9. The molecule has 2 aromatic carbocycles. The zero-order valence-corrected chi connectivity index (χ0v) is 19.8. The van der Waals surface area contributed by atoms with E-state index in [2.05, 4.69) is 35.5 Å². The predicted octanol–water partition coefficient (Wildman–Crippen LogP) is 4.32. The normalized spacial score (nSPS) is 12.7. The van der Waals surface area contributed by atoms with E-state index in [0.717, 1.165) is 28.3 Å². The maximum Gasteiger partial charge on any atom is 0.226 e. The number of carbonyl (C=O) groups is 1. The second kappa shape index (κ2) is 12.2. The Kier molecular flexibility index (Phi) is 9.05. The average Bonchev–Trinajstić information content (AvgIpc) is 3.24. The standard InChI is InChI=1S/C26H30ClN5O/c1-3-19(2)25(16-29-14-22-5-4-6-23(27)11-22)31-26(33)12-24-15-30-18-32(24)17-21-9-7-20(13-28)8-10-21/h4-11,15,18-19,25,29H,3,12,14,16-17H2,1-2H3,(H,31,33). The molecule has 2 unspecified atom stereocenters. The van der Waals surface area contributed by atoms with Gasteiger partial charge in [-0.3, -0.25) is 4.79 Å². The van der Waals surface area contributed by atoms with E-state index >= 15 is 0 Å². The summed E-state index contributed by atoms with van der Waals surface area (Å²) in [5, 5.41) is 16.3. The van der Waals surface area contributed by atoms with Gasteiger partial charge in [0.25, 0.3) is 0 Å². The minimum Gasteiger partial charge on any atom is -0.351 e. The van der Waals surface area contributed by atoms with Gasteiger partial charge >= 0.3 is 0 Å². The molecule has 0 saturated carbocycles. The minimum absolute atomic E-state index is 0.0218. The van der Waals surface area contributed by atoms with Crippen molar-refractivity contribution in [2.24, 2.45) is 5.92 Å². The molecule has 3 rings (SSSR count). The number of carbonyl (C=O) groups excluding carboxylic acids is 1. The summed E-state index contributed by atoms with van der Waals surface area (Å²) >= 11 is 6.07. The van der Waals surface area contributed by atoms with E-state index in [4.69, 9.17) is 16.9 Å². The fourth-order valence-corrected chi connectivity index (χ4v) is 3.85. The van der Waals surface area contributed by atoms with Crippen molar-refractivity contribution in [3.05, 3.63) is 88.5 Å². The van der Waals surface area contributed by atoms with Gasteiger partial charge in [0.1, 0.15) is 0 Å². The Balaban J connectivity index is 1.56. The topological polar surface area (TPSA) is 82.7 Å². The highest BCUT2D eigenvalue weighted by Crippen LogP contribution is 2.12. The summed E-state index contributed by atoms with van der Waals surface area (Å²) in [6.45, 7) is 6.26. The van der Waals surface area contributed by atoms with Gasteiger partial charge in [-0.1, -0.05) is 56.1 Å². The van der Waals surface area contributed by atoms with E-state index in [1.54, 1.807) is 24.7 Å². The number of amides is 1. The van der Waals surface area contributed by atoms with E-state index in [9.17, 15) is 4.79 Å². The van der Waals surface area contributed by atoms with Crippen molar-refractivity contribution in [2.45, 2.75) is 45.8 Å². The van der Waals surface area contributed by atoms with Crippen molar-refractivity contribution in [3.8, 4) is 6.07 Å². The zero-order valence-electron chi connectivity index (χ0n) is 19.1. The first-order valence-corrected chi connectivity index (χ1v) is 11.6. The molecule has 1 aromatic heterocycles. The number of rotatable bonds is 11. The summed E-state index contributed by atoms with van der Waals surface area (Å²) in [4.78, 5) is 17.1. The first-order chi connectivity index (χ1) is 16.0. The van der Waals surface area contributed by atoms with Crippen LogP contribution in [0.3, 0.4) is 0 Å². The molecule has 3 aromatic rings. The Labute approximate surface area is 200 Å². The molecule has 2 atom stereocenters. The molecule has 172 valence electrons. The number of nitriles is 1. The average molecular weight is 464 g/mol. The second-order valence-electron chi connectivity index (χ2n) is 8.32. The van der Waals surface area contributed by atoms with Gasteiger partial charge in [-0.05, 0) is 41.3 Å². The molecule has 33 heavy (non-hydrogen) atoms. The highest BCUT2D eigenvalue weighted by molar-refractivity contribution is 6.30. The number of imidazole rings is 1. The second-order valence-corrected chi connectivity index (χ2v) is 8.76. The summed E-state index contributed by atoms with van der Waals surface area (Å²) in [7, 11) is 0. The molecule has 0 aliphatic rings. The van der Waals surface area contributed by atoms with Gasteiger partial charge in [0.2, 0.25) is 5.91 Å². The van der Waals surface area contributed by atoms with Gasteiger partial charge in [-0.25, -0.2) is 4.98 Å². The maximum atomic E-state index is 12.9. The van der Waals surface area contributed by atoms with Gasteiger partial charge < -0.3 is 15.2 Å². The Morgan fingerprint density at radius 3 is 2.70 bits per heavy atom. The first kappa shape index (κ1) is 24.5. The number of benzene rings is 2. The fraction of sp³-hybridized carbons (Fsp3) is 0.346. The van der Waals surface area contributed by atoms with Crippen LogP contribution in [0.1, 0.15) is 42.7 Å². The molecule has 1 amide bonds. The van der Waals surface area contributed by atoms with Gasteiger partial charge in [0.05, 0.1) is 24.4 Å². The quantitative estimate of drug-likeness (QED) is 0.443. The van der Waals surface area contributed by atoms with Crippen molar-refractivity contribution in [2.75, 3.05) is 6.54 Å². The lowest BCUT2D eigenvalue weighted by molar-refractivity contribution is -0.121. The van der Waals surface area contributed by atoms with E-state index in [1.165, 1.54) is 0 Å². The Bertz CT molecular complexity index is 1090. The number of halogens is 1. The molecule has 0 spiro atoms. The Hall–Kier alpha value is -3.14.